The number of nitrogens with one attached hydrogen (secondary N) is 1. The molecule has 1 atom stereocenters. The molecule has 2 aromatic carbocycles. The molecule has 27 heavy (non-hydrogen) atoms. The van der Waals surface area contributed by atoms with Gasteiger partial charge in [-0.15, -0.1) is 0 Å². The number of carbonyl (C=O) groups excluding carboxylic acids is 1. The third-order valence-corrected chi connectivity index (χ3v) is 6.26. The van der Waals surface area contributed by atoms with E-state index in [1.165, 1.54) is 16.4 Å². The topological polar surface area (TPSA) is 75.7 Å². The van der Waals surface area contributed by atoms with Crippen molar-refractivity contribution >= 4 is 15.9 Å². The summed E-state index contributed by atoms with van der Waals surface area (Å²) in [5.41, 5.74) is 0.823. The quantitative estimate of drug-likeness (QED) is 0.752. The largest absolute Gasteiger partial charge is 0.376 e. The molecule has 0 spiro atoms. The van der Waals surface area contributed by atoms with Gasteiger partial charge in [-0.1, -0.05) is 48.5 Å². The van der Waals surface area contributed by atoms with Crippen LogP contribution in [0.4, 0.5) is 0 Å². The Kier molecular flexibility index (Phi) is 6.60. The van der Waals surface area contributed by atoms with Crippen LogP contribution in [0.3, 0.4) is 0 Å². The van der Waals surface area contributed by atoms with E-state index < -0.39 is 10.0 Å². The monoisotopic (exact) mass is 388 g/mol. The SMILES string of the molecule is O=C(CN(Cc1ccccc1)S(=O)(=O)c1ccccc1)NCC1CCCO1. The first-order valence-corrected chi connectivity index (χ1v) is 10.5. The molecule has 1 amide bonds. The number of carbonyl (C=O) groups is 1. The predicted molar refractivity (Wildman–Crippen MR) is 102 cm³/mol. The number of hydrogen-bond acceptors (Lipinski definition) is 4. The van der Waals surface area contributed by atoms with Gasteiger partial charge in [-0.3, -0.25) is 4.79 Å². The van der Waals surface area contributed by atoms with Gasteiger partial charge >= 0.3 is 0 Å². The van der Waals surface area contributed by atoms with Gasteiger partial charge in [0.05, 0.1) is 17.5 Å². The second-order valence-electron chi connectivity index (χ2n) is 6.51. The van der Waals surface area contributed by atoms with Crippen LogP contribution in [0, 0.1) is 0 Å². The lowest BCUT2D eigenvalue weighted by molar-refractivity contribution is -0.121. The van der Waals surface area contributed by atoms with E-state index in [9.17, 15) is 13.2 Å². The number of hydrogen-bond donors (Lipinski definition) is 1. The average molecular weight is 388 g/mol. The number of benzene rings is 2. The van der Waals surface area contributed by atoms with E-state index in [0.29, 0.717) is 13.2 Å². The van der Waals surface area contributed by atoms with Crippen LogP contribution in [0.1, 0.15) is 18.4 Å². The molecule has 0 aromatic heterocycles. The Hall–Kier alpha value is -2.22. The lowest BCUT2D eigenvalue weighted by Gasteiger charge is -2.22. The Morgan fingerprint density at radius 3 is 2.37 bits per heavy atom. The molecule has 144 valence electrons. The standard InChI is InChI=1S/C20H24N2O4S/c23-20(21-14-18-10-7-13-26-18)16-22(15-17-8-3-1-4-9-17)27(24,25)19-11-5-2-6-12-19/h1-6,8-9,11-12,18H,7,10,13-16H2,(H,21,23). The van der Waals surface area contributed by atoms with E-state index in [1.54, 1.807) is 18.2 Å². The van der Waals surface area contributed by atoms with Crippen LogP contribution in [0.5, 0.6) is 0 Å². The molecular formula is C20H24N2O4S. The van der Waals surface area contributed by atoms with Crippen LogP contribution in [0.25, 0.3) is 0 Å². The fourth-order valence-electron chi connectivity index (χ4n) is 3.00. The average Bonchev–Trinajstić information content (AvgIpc) is 3.21. The first-order valence-electron chi connectivity index (χ1n) is 9.03. The maximum atomic E-state index is 13.1. The molecule has 1 aliphatic heterocycles. The van der Waals surface area contributed by atoms with Gasteiger partial charge in [-0.2, -0.15) is 4.31 Å². The molecule has 1 unspecified atom stereocenters. The molecule has 1 aliphatic rings. The maximum Gasteiger partial charge on any atom is 0.243 e. The van der Waals surface area contributed by atoms with Crippen molar-refractivity contribution in [3.8, 4) is 0 Å². The van der Waals surface area contributed by atoms with Gasteiger partial charge in [0.2, 0.25) is 15.9 Å². The van der Waals surface area contributed by atoms with E-state index in [2.05, 4.69) is 5.32 Å². The first kappa shape index (κ1) is 19.5. The lowest BCUT2D eigenvalue weighted by Crippen LogP contribution is -2.42. The van der Waals surface area contributed by atoms with E-state index in [4.69, 9.17) is 4.74 Å². The van der Waals surface area contributed by atoms with Gasteiger partial charge in [-0.05, 0) is 30.5 Å². The van der Waals surface area contributed by atoms with Gasteiger partial charge in [0, 0.05) is 19.7 Å². The number of rotatable bonds is 8. The minimum atomic E-state index is -3.79. The zero-order chi connectivity index (χ0) is 19.1. The number of amides is 1. The minimum absolute atomic E-state index is 0.0160. The summed E-state index contributed by atoms with van der Waals surface area (Å²) in [5, 5.41) is 2.79. The van der Waals surface area contributed by atoms with E-state index >= 15 is 0 Å². The minimum Gasteiger partial charge on any atom is -0.376 e. The Morgan fingerprint density at radius 1 is 1.07 bits per heavy atom. The van der Waals surface area contributed by atoms with Crippen molar-refractivity contribution in [3.63, 3.8) is 0 Å². The molecule has 0 aliphatic carbocycles. The van der Waals surface area contributed by atoms with Crippen LogP contribution < -0.4 is 5.32 Å². The Morgan fingerprint density at radius 2 is 1.74 bits per heavy atom. The van der Waals surface area contributed by atoms with E-state index in [1.807, 2.05) is 30.3 Å². The van der Waals surface area contributed by atoms with Crippen molar-refractivity contribution < 1.29 is 17.9 Å². The van der Waals surface area contributed by atoms with Crippen molar-refractivity contribution in [1.82, 2.24) is 9.62 Å². The molecule has 0 saturated carbocycles. The highest BCUT2D eigenvalue weighted by Crippen LogP contribution is 2.18. The van der Waals surface area contributed by atoms with Gasteiger partial charge in [0.25, 0.3) is 0 Å². The summed E-state index contributed by atoms with van der Waals surface area (Å²) in [6.07, 6.45) is 1.92. The normalized spacial score (nSPS) is 17.1. The molecule has 3 rings (SSSR count). The van der Waals surface area contributed by atoms with Crippen molar-refractivity contribution in [2.24, 2.45) is 0 Å². The lowest BCUT2D eigenvalue weighted by atomic mass is 10.2. The second kappa shape index (κ2) is 9.12. The fraction of sp³-hybridized carbons (Fsp3) is 0.350. The van der Waals surface area contributed by atoms with Crippen molar-refractivity contribution in [3.05, 3.63) is 66.2 Å². The maximum absolute atomic E-state index is 13.1. The number of sulfonamides is 1. The zero-order valence-corrected chi connectivity index (χ0v) is 15.9. The third kappa shape index (κ3) is 5.38. The van der Waals surface area contributed by atoms with Gasteiger partial charge in [0.1, 0.15) is 0 Å². The van der Waals surface area contributed by atoms with E-state index in [0.717, 1.165) is 18.4 Å². The van der Waals surface area contributed by atoms with Crippen LogP contribution in [0.2, 0.25) is 0 Å². The summed E-state index contributed by atoms with van der Waals surface area (Å²) in [7, 11) is -3.79. The van der Waals surface area contributed by atoms with Crippen LogP contribution >= 0.6 is 0 Å². The van der Waals surface area contributed by atoms with E-state index in [-0.39, 0.29) is 30.0 Å². The molecule has 0 bridgehead atoms. The molecular weight excluding hydrogens is 364 g/mol. The van der Waals surface area contributed by atoms with Crippen LogP contribution in [-0.2, 0) is 26.1 Å². The summed E-state index contributed by atoms with van der Waals surface area (Å²) < 4.78 is 32.8. The summed E-state index contributed by atoms with van der Waals surface area (Å²) in [6.45, 7) is 1.01. The Bertz CT molecular complexity index is 835. The summed E-state index contributed by atoms with van der Waals surface area (Å²) in [4.78, 5) is 12.6. The summed E-state index contributed by atoms with van der Waals surface area (Å²) >= 11 is 0. The fourth-order valence-corrected chi connectivity index (χ4v) is 4.41. The number of nitrogens with zero attached hydrogens (tertiary/aromatic N) is 1. The second-order valence-corrected chi connectivity index (χ2v) is 8.45. The Balaban J connectivity index is 1.74. The van der Waals surface area contributed by atoms with Crippen LogP contribution in [0.15, 0.2) is 65.6 Å². The number of ether oxygens (including phenoxy) is 1. The van der Waals surface area contributed by atoms with Gasteiger partial charge in [-0.25, -0.2) is 8.42 Å². The highest BCUT2D eigenvalue weighted by Gasteiger charge is 2.27. The molecule has 0 radical (unpaired) electrons. The van der Waals surface area contributed by atoms with Crippen molar-refractivity contribution in [2.45, 2.75) is 30.4 Å². The van der Waals surface area contributed by atoms with Crippen LogP contribution in [-0.4, -0.2) is 44.4 Å². The molecule has 2 aromatic rings. The smallest absolute Gasteiger partial charge is 0.243 e. The highest BCUT2D eigenvalue weighted by atomic mass is 32.2. The predicted octanol–water partition coefficient (Wildman–Crippen LogP) is 2.17. The third-order valence-electron chi connectivity index (χ3n) is 4.45. The van der Waals surface area contributed by atoms with Gasteiger partial charge < -0.3 is 10.1 Å². The molecule has 7 heteroatoms. The highest BCUT2D eigenvalue weighted by molar-refractivity contribution is 7.89. The molecule has 1 N–H and O–H groups in total. The summed E-state index contributed by atoms with van der Waals surface area (Å²) in [6, 6.07) is 17.4. The van der Waals surface area contributed by atoms with Crippen molar-refractivity contribution in [1.29, 1.82) is 0 Å². The Labute approximate surface area is 160 Å². The first-order chi connectivity index (χ1) is 13.1. The molecule has 6 nitrogen and oxygen atoms in total. The molecule has 1 heterocycles. The van der Waals surface area contributed by atoms with Crippen molar-refractivity contribution in [2.75, 3.05) is 19.7 Å². The molecule has 1 saturated heterocycles. The summed E-state index contributed by atoms with van der Waals surface area (Å²) in [5.74, 6) is -0.332. The molecule has 1 fully saturated rings. The zero-order valence-electron chi connectivity index (χ0n) is 15.1. The van der Waals surface area contributed by atoms with Gasteiger partial charge in [0.15, 0.2) is 0 Å².